The van der Waals surface area contributed by atoms with E-state index in [4.69, 9.17) is 46.0 Å². The number of nitrogens with zero attached hydrogens (tertiary/aromatic N) is 8. The summed E-state index contributed by atoms with van der Waals surface area (Å²) >= 11 is 5.96. The highest BCUT2D eigenvalue weighted by atomic mass is 35.7. The molecule has 0 amide bonds. The lowest BCUT2D eigenvalue weighted by Crippen LogP contribution is -2.32. The Morgan fingerprint density at radius 1 is 0.656 bits per heavy atom. The van der Waals surface area contributed by atoms with Crippen molar-refractivity contribution in [2.75, 3.05) is 30.8 Å². The Morgan fingerprint density at radius 3 is 1.66 bits per heavy atom. The van der Waals surface area contributed by atoms with Crippen LogP contribution in [0.25, 0.3) is 22.3 Å². The van der Waals surface area contributed by atoms with Gasteiger partial charge in [-0.1, -0.05) is 66.7 Å². The number of hydrogen-bond donors (Lipinski definition) is 3. The number of rotatable bonds is 20. The van der Waals surface area contributed by atoms with Crippen LogP contribution in [0.4, 0.5) is 11.6 Å². The van der Waals surface area contributed by atoms with Crippen molar-refractivity contribution in [2.24, 2.45) is 0 Å². The van der Waals surface area contributed by atoms with E-state index in [9.17, 15) is 9.13 Å². The van der Waals surface area contributed by atoms with Crippen LogP contribution in [0.5, 0.6) is 11.5 Å². The van der Waals surface area contributed by atoms with Crippen molar-refractivity contribution in [3.8, 4) is 11.5 Å². The highest BCUT2D eigenvalue weighted by Gasteiger charge is 2.29. The zero-order chi connectivity index (χ0) is 43.2. The number of benzene rings is 3. The predicted molar refractivity (Wildman–Crippen MR) is 234 cm³/mol. The number of fused-ring (bicyclic) bond motifs is 2. The lowest BCUT2D eigenvalue weighted by molar-refractivity contribution is 0.0800. The van der Waals surface area contributed by atoms with Gasteiger partial charge in [-0.3, -0.25) is 9.13 Å². The molecule has 7 aromatic rings. The molecule has 3 aromatic carbocycles. The quantitative estimate of drug-likeness (QED) is 0.0628. The van der Waals surface area contributed by atoms with Gasteiger partial charge in [0.1, 0.15) is 47.9 Å². The Balaban J connectivity index is 0.000000218. The molecule has 0 radical (unpaired) electrons. The summed E-state index contributed by atoms with van der Waals surface area (Å²) in [7, 11) is -3.43. The second kappa shape index (κ2) is 21.4. The van der Waals surface area contributed by atoms with Crippen LogP contribution < -0.4 is 25.6 Å². The third-order valence-corrected chi connectivity index (χ3v) is 12.0. The third-order valence-electron chi connectivity index (χ3n) is 8.69. The first kappa shape index (κ1) is 45.1. The lowest BCUT2D eigenvalue weighted by atomic mass is 10.2. The Morgan fingerprint density at radius 2 is 1.13 bits per heavy atom. The predicted octanol–water partition coefficient (Wildman–Crippen LogP) is 7.52. The SMILES string of the molecule is C[C@H](COCc1ccccc1)NP(=O)(CO[C@H](C)Cn1cnc2c(N)ncnc21)Oc1ccccc1.C[C@H](Cn1cnc2c(N)ncnc21)OCP(=O)(Cl)Oc1ccccc1. The van der Waals surface area contributed by atoms with E-state index >= 15 is 0 Å². The molecule has 21 heteroatoms. The number of anilines is 2. The molecule has 322 valence electrons. The van der Waals surface area contributed by atoms with Crippen molar-refractivity contribution in [1.82, 2.24) is 44.1 Å². The average Bonchev–Trinajstić information content (AvgIpc) is 3.86. The smallest absolute Gasteiger partial charge is 0.361 e. The maximum atomic E-state index is 13.8. The highest BCUT2D eigenvalue weighted by molar-refractivity contribution is 7.85. The van der Waals surface area contributed by atoms with Gasteiger partial charge in [0.15, 0.2) is 22.9 Å². The molecule has 2 unspecified atom stereocenters. The molecule has 0 bridgehead atoms. The summed E-state index contributed by atoms with van der Waals surface area (Å²) in [6.45, 7) is 3.88. The van der Waals surface area contributed by atoms with Crippen LogP contribution in [0, 0.1) is 0 Å². The van der Waals surface area contributed by atoms with Gasteiger partial charge >= 0.3 is 14.2 Å². The van der Waals surface area contributed by atoms with Crippen LogP contribution in [0.15, 0.2) is 116 Å². The van der Waals surface area contributed by atoms with Crippen LogP contribution in [0.1, 0.15) is 26.3 Å². The van der Waals surface area contributed by atoms with E-state index < -0.39 is 14.2 Å². The fraction of sp³-hybridized carbons (Fsp3) is 0.300. The van der Waals surface area contributed by atoms with Gasteiger partial charge in [0.2, 0.25) is 0 Å². The monoisotopic (exact) mass is 891 g/mol. The lowest BCUT2D eigenvalue weighted by Gasteiger charge is -2.25. The summed E-state index contributed by atoms with van der Waals surface area (Å²) in [5.74, 6) is 1.57. The molecule has 0 aliphatic carbocycles. The minimum absolute atomic E-state index is 0.129. The molecule has 5 atom stereocenters. The van der Waals surface area contributed by atoms with Gasteiger partial charge in [0.05, 0.1) is 51.2 Å². The molecule has 0 fully saturated rings. The number of aromatic nitrogens is 8. The number of halogens is 1. The molecule has 0 spiro atoms. The number of nitrogens with two attached hydrogens (primary N) is 2. The van der Waals surface area contributed by atoms with Crippen molar-refractivity contribution in [1.29, 1.82) is 0 Å². The zero-order valence-electron chi connectivity index (χ0n) is 33.8. The van der Waals surface area contributed by atoms with Crippen LogP contribution in [0.2, 0.25) is 0 Å². The minimum Gasteiger partial charge on any atom is -0.431 e. The summed E-state index contributed by atoms with van der Waals surface area (Å²) < 4.78 is 58.4. The third kappa shape index (κ3) is 13.5. The molecule has 0 saturated carbocycles. The fourth-order valence-electron chi connectivity index (χ4n) is 5.87. The van der Waals surface area contributed by atoms with Crippen molar-refractivity contribution < 1.29 is 32.4 Å². The molecule has 4 heterocycles. The topological polar surface area (TPSA) is 232 Å². The van der Waals surface area contributed by atoms with E-state index in [-0.39, 0.29) is 30.9 Å². The van der Waals surface area contributed by atoms with Gasteiger partial charge < -0.3 is 43.9 Å². The molecular formula is C40H48ClN11O7P2. The van der Waals surface area contributed by atoms with Gasteiger partial charge in [0.25, 0.3) is 0 Å². The molecule has 7 rings (SSSR count). The minimum atomic E-state index is -3.43. The van der Waals surface area contributed by atoms with E-state index in [1.165, 1.54) is 12.7 Å². The van der Waals surface area contributed by atoms with Crippen molar-refractivity contribution in [2.45, 2.75) is 58.7 Å². The summed E-state index contributed by atoms with van der Waals surface area (Å²) in [6.07, 6.45) is 5.08. The Kier molecular flexibility index (Phi) is 15.8. The highest BCUT2D eigenvalue weighted by Crippen LogP contribution is 2.52. The second-order valence-corrected chi connectivity index (χ2v) is 19.2. The number of para-hydroxylation sites is 2. The van der Waals surface area contributed by atoms with Gasteiger partial charge in [-0.25, -0.2) is 35.0 Å². The summed E-state index contributed by atoms with van der Waals surface area (Å²) in [6, 6.07) is 27.4. The first-order valence-electron chi connectivity index (χ1n) is 19.2. The molecule has 0 aliphatic heterocycles. The number of hydrogen-bond acceptors (Lipinski definition) is 15. The first-order chi connectivity index (χ1) is 29.4. The number of imidazole rings is 2. The van der Waals surface area contributed by atoms with Crippen LogP contribution in [0.3, 0.4) is 0 Å². The number of ether oxygens (including phenoxy) is 3. The van der Waals surface area contributed by atoms with Crippen molar-refractivity contribution >= 4 is 59.4 Å². The Labute approximate surface area is 357 Å². The van der Waals surface area contributed by atoms with E-state index in [2.05, 4.69) is 35.0 Å². The summed E-state index contributed by atoms with van der Waals surface area (Å²) in [4.78, 5) is 24.7. The Hall–Kier alpha value is -5.45. The van der Waals surface area contributed by atoms with Gasteiger partial charge in [-0.2, -0.15) is 0 Å². The van der Waals surface area contributed by atoms with E-state index in [1.807, 2.05) is 79.9 Å². The van der Waals surface area contributed by atoms with Gasteiger partial charge in [-0.05, 0) is 61.8 Å². The number of nitrogen functional groups attached to an aromatic ring is 2. The second-order valence-electron chi connectivity index (χ2n) is 14.0. The standard InChI is InChI=1S/C25H31N6O4P.C15H17ClN5O3P/c1-19(14-33-15-21-9-5-3-6-10-21)30-36(32,35-22-11-7-4-8-12-22)18-34-20(2)13-31-17-29-23-24(26)27-16-28-25(23)31;1-11(7-21-9-20-13-14(17)18-8-19-15(13)21)23-10-25(16,22)24-12-5-3-2-4-6-12/h3-12,16-17,19-20H,13-15,18H2,1-2H3,(H,30,32)(H2,26,27,28);2-6,8-9,11H,7,10H2,1H3,(H2,17,18,19)/t19-,20-,36?;11-,25?/m11/s1. The zero-order valence-corrected chi connectivity index (χ0v) is 36.4. The molecule has 0 aliphatic rings. The summed E-state index contributed by atoms with van der Waals surface area (Å²) in [5.41, 5.74) is 15.0. The molecule has 18 nitrogen and oxygen atoms in total. The molecule has 4 aromatic heterocycles. The average molecular weight is 892 g/mol. The maximum Gasteiger partial charge on any atom is 0.361 e. The normalized spacial score (nSPS) is 14.9. The molecule has 61 heavy (non-hydrogen) atoms. The van der Waals surface area contributed by atoms with Crippen LogP contribution in [-0.4, -0.2) is 76.6 Å². The summed E-state index contributed by atoms with van der Waals surface area (Å²) in [5, 5.41) is 3.11. The maximum absolute atomic E-state index is 13.8. The molecule has 5 N–H and O–H groups in total. The van der Waals surface area contributed by atoms with Crippen LogP contribution >= 0.6 is 25.5 Å². The largest absolute Gasteiger partial charge is 0.431 e. The molecular weight excluding hydrogens is 844 g/mol. The van der Waals surface area contributed by atoms with E-state index in [0.717, 1.165) is 5.56 Å². The Bertz CT molecular complexity index is 2540. The van der Waals surface area contributed by atoms with Crippen molar-refractivity contribution in [3.63, 3.8) is 0 Å². The molecule has 0 saturated heterocycles. The van der Waals surface area contributed by atoms with E-state index in [1.54, 1.807) is 53.6 Å². The van der Waals surface area contributed by atoms with Gasteiger partial charge in [0, 0.05) is 6.04 Å². The van der Waals surface area contributed by atoms with Crippen molar-refractivity contribution in [3.05, 3.63) is 122 Å². The first-order valence-corrected chi connectivity index (χ1v) is 23.7. The van der Waals surface area contributed by atoms with Crippen LogP contribution in [-0.2, 0) is 43.0 Å². The van der Waals surface area contributed by atoms with E-state index in [0.29, 0.717) is 71.8 Å². The number of nitrogens with one attached hydrogen (secondary N) is 1. The fourth-order valence-corrected chi connectivity index (χ4v) is 9.04. The van der Waals surface area contributed by atoms with Gasteiger partial charge in [-0.15, -0.1) is 0 Å².